The summed E-state index contributed by atoms with van der Waals surface area (Å²) in [6.45, 7) is 2.26. The topological polar surface area (TPSA) is 49.6 Å². The number of hydrogen-bond acceptors (Lipinski definition) is 3. The molecule has 1 aliphatic carbocycles. The normalized spacial score (nSPS) is 17.5. The second-order valence-electron chi connectivity index (χ2n) is 8.21. The molecule has 0 atom stereocenters. The Hall–Kier alpha value is -2.04. The smallest absolute Gasteiger partial charge is 0.254 e. The third kappa shape index (κ3) is 3.56. The summed E-state index contributed by atoms with van der Waals surface area (Å²) in [6.07, 6.45) is 3.76. The van der Waals surface area contributed by atoms with Gasteiger partial charge in [0, 0.05) is 34.9 Å². The van der Waals surface area contributed by atoms with E-state index >= 15 is 0 Å². The average Bonchev–Trinajstić information content (AvgIpc) is 3.36. The van der Waals surface area contributed by atoms with Crippen molar-refractivity contribution < 1.29 is 4.79 Å². The van der Waals surface area contributed by atoms with E-state index in [1.807, 2.05) is 4.90 Å². The SMILES string of the molecule is CN(C)CCC1(c2ccc(CN3Cc4c(N)cc(Cl)cc4C3=O)cc2)CC1. The first kappa shape index (κ1) is 18.3. The molecule has 2 aromatic carbocycles. The Morgan fingerprint density at radius 1 is 1.19 bits per heavy atom. The van der Waals surface area contributed by atoms with Gasteiger partial charge in [-0.25, -0.2) is 0 Å². The van der Waals surface area contributed by atoms with E-state index in [0.717, 1.165) is 17.7 Å². The van der Waals surface area contributed by atoms with Crippen LogP contribution < -0.4 is 5.73 Å². The highest BCUT2D eigenvalue weighted by Gasteiger charge is 2.43. The number of rotatable bonds is 6. The number of benzene rings is 2. The van der Waals surface area contributed by atoms with Gasteiger partial charge in [-0.15, -0.1) is 0 Å². The molecular weight excluding hydrogens is 358 g/mol. The quantitative estimate of drug-likeness (QED) is 0.765. The summed E-state index contributed by atoms with van der Waals surface area (Å²) in [7, 11) is 4.26. The Bertz CT molecular complexity index is 872. The summed E-state index contributed by atoms with van der Waals surface area (Å²) in [6, 6.07) is 12.3. The Balaban J connectivity index is 1.46. The van der Waals surface area contributed by atoms with Crippen LogP contribution in [-0.4, -0.2) is 36.3 Å². The van der Waals surface area contributed by atoms with Gasteiger partial charge in [-0.05, 0) is 68.6 Å². The van der Waals surface area contributed by atoms with Crippen LogP contribution in [0.5, 0.6) is 0 Å². The number of nitrogen functional groups attached to an aromatic ring is 1. The van der Waals surface area contributed by atoms with Crippen molar-refractivity contribution in [1.82, 2.24) is 9.80 Å². The van der Waals surface area contributed by atoms with Gasteiger partial charge < -0.3 is 15.5 Å². The highest BCUT2D eigenvalue weighted by atomic mass is 35.5. The van der Waals surface area contributed by atoms with E-state index in [2.05, 4.69) is 43.3 Å². The van der Waals surface area contributed by atoms with Crippen LogP contribution in [0.3, 0.4) is 0 Å². The third-order valence-corrected chi connectivity index (χ3v) is 6.16. The maximum atomic E-state index is 12.7. The lowest BCUT2D eigenvalue weighted by Crippen LogP contribution is -2.23. The molecule has 1 heterocycles. The van der Waals surface area contributed by atoms with E-state index in [-0.39, 0.29) is 5.91 Å². The molecule has 1 amide bonds. The molecule has 0 aromatic heterocycles. The van der Waals surface area contributed by atoms with Crippen molar-refractivity contribution in [3.63, 3.8) is 0 Å². The van der Waals surface area contributed by atoms with Gasteiger partial charge in [-0.2, -0.15) is 0 Å². The second-order valence-corrected chi connectivity index (χ2v) is 8.65. The molecule has 0 radical (unpaired) electrons. The van der Waals surface area contributed by atoms with E-state index < -0.39 is 0 Å². The Kier molecular flexibility index (Phi) is 4.65. The molecule has 4 rings (SSSR count). The zero-order chi connectivity index (χ0) is 19.2. The third-order valence-electron chi connectivity index (χ3n) is 5.95. The number of anilines is 1. The van der Waals surface area contributed by atoms with Crippen molar-refractivity contribution in [2.24, 2.45) is 0 Å². The van der Waals surface area contributed by atoms with Gasteiger partial charge in [0.05, 0.1) is 0 Å². The predicted molar refractivity (Wildman–Crippen MR) is 110 cm³/mol. The minimum absolute atomic E-state index is 0.00734. The summed E-state index contributed by atoms with van der Waals surface area (Å²) in [4.78, 5) is 16.8. The Labute approximate surface area is 165 Å². The summed E-state index contributed by atoms with van der Waals surface area (Å²) in [5.41, 5.74) is 11.1. The summed E-state index contributed by atoms with van der Waals surface area (Å²) in [5.74, 6) is 0.00734. The summed E-state index contributed by atoms with van der Waals surface area (Å²) < 4.78 is 0. The van der Waals surface area contributed by atoms with Crippen LogP contribution in [0.25, 0.3) is 0 Å². The molecule has 27 heavy (non-hydrogen) atoms. The lowest BCUT2D eigenvalue weighted by Gasteiger charge is -2.20. The minimum Gasteiger partial charge on any atom is -0.398 e. The molecule has 2 aliphatic rings. The number of fused-ring (bicyclic) bond motifs is 1. The van der Waals surface area contributed by atoms with Crippen molar-refractivity contribution in [3.8, 4) is 0 Å². The molecule has 1 fully saturated rings. The maximum Gasteiger partial charge on any atom is 0.254 e. The molecule has 0 unspecified atom stereocenters. The van der Waals surface area contributed by atoms with Crippen LogP contribution in [-0.2, 0) is 18.5 Å². The van der Waals surface area contributed by atoms with Gasteiger partial charge >= 0.3 is 0 Å². The molecule has 1 saturated carbocycles. The Morgan fingerprint density at radius 2 is 1.89 bits per heavy atom. The fourth-order valence-electron chi connectivity index (χ4n) is 4.04. The maximum absolute atomic E-state index is 12.7. The van der Waals surface area contributed by atoms with Crippen molar-refractivity contribution >= 4 is 23.2 Å². The highest BCUT2D eigenvalue weighted by Crippen LogP contribution is 2.51. The standard InChI is InChI=1S/C22H26ClN3O/c1-25(2)10-9-22(7-8-22)16-5-3-15(4-6-16)13-26-14-19-18(21(26)27)11-17(23)12-20(19)24/h3-6,11-12H,7-10,13-14,24H2,1-2H3. The van der Waals surface area contributed by atoms with Gasteiger partial charge in [0.1, 0.15) is 0 Å². The lowest BCUT2D eigenvalue weighted by atomic mass is 9.91. The summed E-state index contributed by atoms with van der Waals surface area (Å²) in [5, 5.41) is 0.512. The zero-order valence-corrected chi connectivity index (χ0v) is 16.7. The van der Waals surface area contributed by atoms with Crippen LogP contribution in [0.2, 0.25) is 5.02 Å². The van der Waals surface area contributed by atoms with Gasteiger partial charge in [0.25, 0.3) is 5.91 Å². The van der Waals surface area contributed by atoms with Crippen molar-refractivity contribution in [3.05, 3.63) is 63.7 Å². The monoisotopic (exact) mass is 383 g/mol. The number of carbonyl (C=O) groups excluding carboxylic acids is 1. The van der Waals surface area contributed by atoms with Crippen LogP contribution in [0.4, 0.5) is 5.69 Å². The first-order valence-electron chi connectivity index (χ1n) is 9.49. The van der Waals surface area contributed by atoms with E-state index in [1.165, 1.54) is 24.8 Å². The molecule has 0 bridgehead atoms. The molecule has 0 spiro atoms. The molecule has 2 aromatic rings. The molecule has 142 valence electrons. The van der Waals surface area contributed by atoms with Crippen molar-refractivity contribution in [2.75, 3.05) is 26.4 Å². The van der Waals surface area contributed by atoms with E-state index in [0.29, 0.717) is 34.8 Å². The Morgan fingerprint density at radius 3 is 2.52 bits per heavy atom. The molecule has 1 aliphatic heterocycles. The van der Waals surface area contributed by atoms with Gasteiger partial charge in [0.2, 0.25) is 0 Å². The molecule has 5 heteroatoms. The van der Waals surface area contributed by atoms with E-state index in [1.54, 1.807) is 12.1 Å². The number of carbonyl (C=O) groups is 1. The van der Waals surface area contributed by atoms with Crippen molar-refractivity contribution in [1.29, 1.82) is 0 Å². The van der Waals surface area contributed by atoms with Crippen LogP contribution in [0.1, 0.15) is 46.3 Å². The fourth-order valence-corrected chi connectivity index (χ4v) is 4.27. The molecular formula is C22H26ClN3O. The first-order valence-corrected chi connectivity index (χ1v) is 9.87. The largest absolute Gasteiger partial charge is 0.398 e. The number of hydrogen-bond donors (Lipinski definition) is 1. The van der Waals surface area contributed by atoms with Crippen LogP contribution in [0.15, 0.2) is 36.4 Å². The fraction of sp³-hybridized carbons (Fsp3) is 0.409. The first-order chi connectivity index (χ1) is 12.9. The van der Waals surface area contributed by atoms with Crippen LogP contribution >= 0.6 is 11.6 Å². The number of nitrogens with two attached hydrogens (primary N) is 1. The molecule has 2 N–H and O–H groups in total. The molecule has 0 saturated heterocycles. The highest BCUT2D eigenvalue weighted by molar-refractivity contribution is 6.31. The number of amides is 1. The lowest BCUT2D eigenvalue weighted by molar-refractivity contribution is 0.0767. The van der Waals surface area contributed by atoms with Gasteiger partial charge in [-0.1, -0.05) is 35.9 Å². The van der Waals surface area contributed by atoms with Crippen LogP contribution in [0, 0.1) is 0 Å². The van der Waals surface area contributed by atoms with E-state index in [4.69, 9.17) is 17.3 Å². The zero-order valence-electron chi connectivity index (χ0n) is 16.0. The minimum atomic E-state index is 0.00734. The number of halogens is 1. The summed E-state index contributed by atoms with van der Waals surface area (Å²) >= 11 is 6.06. The van der Waals surface area contributed by atoms with Crippen molar-refractivity contribution in [2.45, 2.75) is 37.8 Å². The van der Waals surface area contributed by atoms with Gasteiger partial charge in [0.15, 0.2) is 0 Å². The predicted octanol–water partition coefficient (Wildman–Crippen LogP) is 4.06. The number of nitrogens with zero attached hydrogens (tertiary/aromatic N) is 2. The average molecular weight is 384 g/mol. The molecule has 4 nitrogen and oxygen atoms in total. The van der Waals surface area contributed by atoms with Gasteiger partial charge in [-0.3, -0.25) is 4.79 Å². The van der Waals surface area contributed by atoms with E-state index in [9.17, 15) is 4.79 Å². The second kappa shape index (κ2) is 6.84.